The minimum absolute atomic E-state index is 0.450. The second kappa shape index (κ2) is 4.21. The van der Waals surface area contributed by atoms with Gasteiger partial charge in [-0.3, -0.25) is 0 Å². The molecular formula is C12H14N4O2. The Hall–Kier alpha value is -2.24. The fourth-order valence-corrected chi connectivity index (χ4v) is 1.62. The van der Waals surface area contributed by atoms with E-state index in [0.717, 1.165) is 11.1 Å². The van der Waals surface area contributed by atoms with E-state index in [0.29, 0.717) is 5.82 Å². The molecule has 0 aliphatic carbocycles. The topological polar surface area (TPSA) is 80.9 Å². The van der Waals surface area contributed by atoms with Gasteiger partial charge in [-0.05, 0) is 37.3 Å². The highest BCUT2D eigenvalue weighted by Crippen LogP contribution is 2.23. The van der Waals surface area contributed by atoms with E-state index >= 15 is 0 Å². The van der Waals surface area contributed by atoms with Crippen molar-refractivity contribution in [1.82, 2.24) is 20.2 Å². The summed E-state index contributed by atoms with van der Waals surface area (Å²) in [4.78, 5) is 11.3. The first kappa shape index (κ1) is 12.2. The summed E-state index contributed by atoms with van der Waals surface area (Å²) < 4.78 is 1.32. The number of hydrogen-bond acceptors (Lipinski definition) is 4. The molecule has 0 spiro atoms. The molecule has 6 nitrogen and oxygen atoms in total. The number of tetrazole rings is 1. The van der Waals surface area contributed by atoms with Gasteiger partial charge in [-0.25, -0.2) is 9.48 Å². The molecule has 1 aromatic heterocycles. The Labute approximate surface area is 104 Å². The summed E-state index contributed by atoms with van der Waals surface area (Å²) in [6.07, 6.45) is 0. The lowest BCUT2D eigenvalue weighted by Gasteiger charge is -2.20. The van der Waals surface area contributed by atoms with E-state index < -0.39 is 11.5 Å². The molecule has 0 aliphatic rings. The van der Waals surface area contributed by atoms with E-state index in [1.165, 1.54) is 4.68 Å². The molecule has 0 saturated heterocycles. The molecule has 18 heavy (non-hydrogen) atoms. The zero-order valence-electron chi connectivity index (χ0n) is 10.5. The standard InChI is InChI=1S/C12H14N4O2/c1-8-5-4-6-9(7-8)10-13-14-15-16(10)12(2,3)11(17)18/h4-7H,1-3H3,(H,17,18). The maximum atomic E-state index is 11.3. The SMILES string of the molecule is Cc1cccc(-c2nnnn2C(C)(C)C(=O)O)c1. The number of rotatable bonds is 3. The van der Waals surface area contributed by atoms with Crippen molar-refractivity contribution >= 4 is 5.97 Å². The number of aromatic nitrogens is 4. The highest BCUT2D eigenvalue weighted by molar-refractivity contribution is 5.76. The van der Waals surface area contributed by atoms with Crippen LogP contribution >= 0.6 is 0 Å². The molecule has 0 radical (unpaired) electrons. The van der Waals surface area contributed by atoms with Crippen LogP contribution in [0.4, 0.5) is 0 Å². The lowest BCUT2D eigenvalue weighted by molar-refractivity contribution is -0.146. The molecule has 94 valence electrons. The van der Waals surface area contributed by atoms with Crippen LogP contribution in [-0.4, -0.2) is 31.3 Å². The largest absolute Gasteiger partial charge is 0.479 e. The Morgan fingerprint density at radius 2 is 2.11 bits per heavy atom. The first-order valence-electron chi connectivity index (χ1n) is 5.52. The van der Waals surface area contributed by atoms with Gasteiger partial charge in [-0.1, -0.05) is 23.8 Å². The average molecular weight is 246 g/mol. The number of carboxylic acid groups (broad SMARTS) is 1. The van der Waals surface area contributed by atoms with Crippen LogP contribution in [0.1, 0.15) is 19.4 Å². The second-order valence-corrected chi connectivity index (χ2v) is 4.65. The van der Waals surface area contributed by atoms with Gasteiger partial charge in [0.15, 0.2) is 11.4 Å². The zero-order chi connectivity index (χ0) is 13.3. The first-order valence-corrected chi connectivity index (χ1v) is 5.52. The molecule has 0 unspecified atom stereocenters. The van der Waals surface area contributed by atoms with Crippen LogP contribution in [0.2, 0.25) is 0 Å². The molecule has 2 rings (SSSR count). The number of benzene rings is 1. The summed E-state index contributed by atoms with van der Waals surface area (Å²) in [7, 11) is 0. The Morgan fingerprint density at radius 3 is 2.72 bits per heavy atom. The van der Waals surface area contributed by atoms with Crippen LogP contribution in [0, 0.1) is 6.92 Å². The van der Waals surface area contributed by atoms with Gasteiger partial charge in [0.2, 0.25) is 0 Å². The zero-order valence-corrected chi connectivity index (χ0v) is 10.5. The van der Waals surface area contributed by atoms with Crippen LogP contribution < -0.4 is 0 Å². The number of hydrogen-bond donors (Lipinski definition) is 1. The van der Waals surface area contributed by atoms with E-state index in [-0.39, 0.29) is 0 Å². The quantitative estimate of drug-likeness (QED) is 0.886. The van der Waals surface area contributed by atoms with E-state index in [1.54, 1.807) is 13.8 Å². The molecule has 0 atom stereocenters. The third kappa shape index (κ3) is 1.97. The fraction of sp³-hybridized carbons (Fsp3) is 0.333. The Morgan fingerprint density at radius 1 is 1.39 bits per heavy atom. The van der Waals surface area contributed by atoms with Crippen LogP contribution in [0.25, 0.3) is 11.4 Å². The molecule has 0 saturated carbocycles. The van der Waals surface area contributed by atoms with Crippen molar-refractivity contribution in [2.75, 3.05) is 0 Å². The van der Waals surface area contributed by atoms with Crippen LogP contribution in [0.5, 0.6) is 0 Å². The van der Waals surface area contributed by atoms with Crippen LogP contribution in [0.15, 0.2) is 24.3 Å². The average Bonchev–Trinajstić information content (AvgIpc) is 2.78. The Bertz CT molecular complexity index is 589. The van der Waals surface area contributed by atoms with Crippen molar-refractivity contribution in [3.8, 4) is 11.4 Å². The third-order valence-electron chi connectivity index (χ3n) is 2.80. The summed E-state index contributed by atoms with van der Waals surface area (Å²) >= 11 is 0. The highest BCUT2D eigenvalue weighted by Gasteiger charge is 2.33. The number of carbonyl (C=O) groups is 1. The molecule has 2 aromatic rings. The molecule has 1 N–H and O–H groups in total. The maximum Gasteiger partial charge on any atom is 0.331 e. The lowest BCUT2D eigenvalue weighted by atomic mass is 10.1. The van der Waals surface area contributed by atoms with Crippen LogP contribution in [0.3, 0.4) is 0 Å². The van der Waals surface area contributed by atoms with Crippen molar-refractivity contribution < 1.29 is 9.90 Å². The van der Waals surface area contributed by atoms with Crippen molar-refractivity contribution in [3.05, 3.63) is 29.8 Å². The first-order chi connectivity index (χ1) is 8.43. The predicted octanol–water partition coefficient (Wildman–Crippen LogP) is 1.47. The number of aryl methyl sites for hydroxylation is 1. The molecule has 0 aliphatic heterocycles. The van der Waals surface area contributed by atoms with E-state index in [4.69, 9.17) is 0 Å². The summed E-state index contributed by atoms with van der Waals surface area (Å²) in [6, 6.07) is 7.62. The molecule has 0 fully saturated rings. The Balaban J connectivity index is 2.55. The van der Waals surface area contributed by atoms with Gasteiger partial charge in [0, 0.05) is 5.56 Å². The minimum Gasteiger partial charge on any atom is -0.479 e. The molecular weight excluding hydrogens is 232 g/mol. The lowest BCUT2D eigenvalue weighted by Crippen LogP contribution is -2.37. The smallest absolute Gasteiger partial charge is 0.331 e. The van der Waals surface area contributed by atoms with E-state index in [2.05, 4.69) is 15.5 Å². The van der Waals surface area contributed by atoms with Gasteiger partial charge in [-0.15, -0.1) is 5.10 Å². The summed E-state index contributed by atoms with van der Waals surface area (Å²) in [5.74, 6) is -0.533. The van der Waals surface area contributed by atoms with E-state index in [1.807, 2.05) is 31.2 Å². The summed E-state index contributed by atoms with van der Waals surface area (Å²) in [5, 5.41) is 20.5. The van der Waals surface area contributed by atoms with Gasteiger partial charge < -0.3 is 5.11 Å². The predicted molar refractivity (Wildman–Crippen MR) is 64.9 cm³/mol. The van der Waals surface area contributed by atoms with Crippen LogP contribution in [-0.2, 0) is 10.3 Å². The highest BCUT2D eigenvalue weighted by atomic mass is 16.4. The minimum atomic E-state index is -1.19. The van der Waals surface area contributed by atoms with Gasteiger partial charge in [0.25, 0.3) is 0 Å². The summed E-state index contributed by atoms with van der Waals surface area (Å²) in [6.45, 7) is 5.08. The van der Waals surface area contributed by atoms with Crippen molar-refractivity contribution in [3.63, 3.8) is 0 Å². The second-order valence-electron chi connectivity index (χ2n) is 4.65. The number of carboxylic acids is 1. The van der Waals surface area contributed by atoms with Gasteiger partial charge >= 0.3 is 5.97 Å². The number of aliphatic carboxylic acids is 1. The third-order valence-corrected chi connectivity index (χ3v) is 2.80. The van der Waals surface area contributed by atoms with Crippen molar-refractivity contribution in [1.29, 1.82) is 0 Å². The molecule has 0 amide bonds. The van der Waals surface area contributed by atoms with Gasteiger partial charge in [0.05, 0.1) is 0 Å². The Kier molecular flexibility index (Phi) is 2.86. The molecule has 1 aromatic carbocycles. The number of nitrogens with zero attached hydrogens (tertiary/aromatic N) is 4. The molecule has 0 bridgehead atoms. The molecule has 6 heteroatoms. The normalized spacial score (nSPS) is 11.5. The summed E-state index contributed by atoms with van der Waals surface area (Å²) in [5.41, 5.74) is 0.673. The van der Waals surface area contributed by atoms with Crippen molar-refractivity contribution in [2.45, 2.75) is 26.3 Å². The maximum absolute atomic E-state index is 11.3. The van der Waals surface area contributed by atoms with Gasteiger partial charge in [0.1, 0.15) is 0 Å². The van der Waals surface area contributed by atoms with Crippen molar-refractivity contribution in [2.24, 2.45) is 0 Å². The fourth-order valence-electron chi connectivity index (χ4n) is 1.62. The van der Waals surface area contributed by atoms with Gasteiger partial charge in [-0.2, -0.15) is 0 Å². The molecule has 1 heterocycles. The van der Waals surface area contributed by atoms with E-state index in [9.17, 15) is 9.90 Å². The monoisotopic (exact) mass is 246 g/mol.